The summed E-state index contributed by atoms with van der Waals surface area (Å²) in [6.45, 7) is 1.21. The molecule has 0 saturated carbocycles. The summed E-state index contributed by atoms with van der Waals surface area (Å²) in [6.07, 6.45) is 1.85. The van der Waals surface area contributed by atoms with Gasteiger partial charge in [-0.25, -0.2) is 8.42 Å². The second kappa shape index (κ2) is 6.28. The number of benzene rings is 1. The van der Waals surface area contributed by atoms with E-state index in [1.54, 1.807) is 7.11 Å². The number of sulfone groups is 1. The third kappa shape index (κ3) is 3.98. The summed E-state index contributed by atoms with van der Waals surface area (Å²) in [7, 11) is -1.27. The van der Waals surface area contributed by atoms with E-state index >= 15 is 0 Å². The smallest absolute Gasteiger partial charge is 0.176 e. The fourth-order valence-corrected chi connectivity index (χ4v) is 2.68. The highest BCUT2D eigenvalue weighted by molar-refractivity contribution is 7.90. The van der Waals surface area contributed by atoms with Crippen LogP contribution >= 0.6 is 0 Å². The first-order valence-electron chi connectivity index (χ1n) is 6.43. The maximum Gasteiger partial charge on any atom is 0.176 e. The number of furan rings is 1. The van der Waals surface area contributed by atoms with Crippen molar-refractivity contribution < 1.29 is 17.6 Å². The number of ether oxygens (including phenoxy) is 1. The second-order valence-corrected chi connectivity index (χ2v) is 7.01. The first-order chi connectivity index (χ1) is 9.49. The molecule has 0 aliphatic carbocycles. The summed E-state index contributed by atoms with van der Waals surface area (Å²) in [5, 5.41) is 4.17. The van der Waals surface area contributed by atoms with Gasteiger partial charge in [-0.3, -0.25) is 0 Å². The maximum absolute atomic E-state index is 11.0. The van der Waals surface area contributed by atoms with Gasteiger partial charge in [-0.05, 0) is 25.1 Å². The van der Waals surface area contributed by atoms with Crippen LogP contribution in [-0.2, 0) is 16.4 Å². The molecular weight excluding hydrogens is 278 g/mol. The van der Waals surface area contributed by atoms with Gasteiger partial charge >= 0.3 is 0 Å². The van der Waals surface area contributed by atoms with Crippen molar-refractivity contribution in [1.29, 1.82) is 0 Å². The molecule has 0 aliphatic heterocycles. The van der Waals surface area contributed by atoms with E-state index < -0.39 is 9.84 Å². The minimum absolute atomic E-state index is 0.202. The number of methoxy groups -OCH3 is 1. The van der Waals surface area contributed by atoms with Gasteiger partial charge in [0.15, 0.2) is 11.3 Å². The lowest BCUT2D eigenvalue weighted by atomic mass is 10.2. The van der Waals surface area contributed by atoms with Crippen molar-refractivity contribution in [3.05, 3.63) is 30.0 Å². The molecule has 0 amide bonds. The van der Waals surface area contributed by atoms with E-state index in [-0.39, 0.29) is 5.75 Å². The number of rotatable bonds is 7. The van der Waals surface area contributed by atoms with Gasteiger partial charge in [0.1, 0.15) is 15.6 Å². The zero-order valence-corrected chi connectivity index (χ0v) is 12.5. The van der Waals surface area contributed by atoms with E-state index in [1.165, 1.54) is 6.26 Å². The molecule has 6 heteroatoms. The van der Waals surface area contributed by atoms with Crippen molar-refractivity contribution in [2.75, 3.05) is 25.7 Å². The third-order valence-corrected chi connectivity index (χ3v) is 3.98. The van der Waals surface area contributed by atoms with Crippen LogP contribution in [0, 0.1) is 0 Å². The van der Waals surface area contributed by atoms with Crippen LogP contribution in [0.5, 0.6) is 5.75 Å². The maximum atomic E-state index is 11.0. The molecule has 0 atom stereocenters. The van der Waals surface area contributed by atoms with E-state index in [0.29, 0.717) is 25.3 Å². The van der Waals surface area contributed by atoms with Crippen molar-refractivity contribution >= 4 is 20.8 Å². The zero-order valence-electron chi connectivity index (χ0n) is 11.7. The average Bonchev–Trinajstić information content (AvgIpc) is 2.79. The van der Waals surface area contributed by atoms with E-state index in [9.17, 15) is 8.42 Å². The van der Waals surface area contributed by atoms with Gasteiger partial charge in [0.2, 0.25) is 0 Å². The first kappa shape index (κ1) is 14.9. The van der Waals surface area contributed by atoms with Crippen LogP contribution in [0.3, 0.4) is 0 Å². The second-order valence-electron chi connectivity index (χ2n) is 4.75. The Kier molecular flexibility index (Phi) is 4.67. The first-order valence-corrected chi connectivity index (χ1v) is 8.49. The molecule has 0 bridgehead atoms. The SMILES string of the molecule is COc1cccc2cc(CNCCCS(C)(=O)=O)oc12. The number of nitrogens with one attached hydrogen (secondary N) is 1. The summed E-state index contributed by atoms with van der Waals surface area (Å²) in [5.74, 6) is 1.73. The van der Waals surface area contributed by atoms with Crippen LogP contribution < -0.4 is 10.1 Å². The Labute approximate surface area is 118 Å². The van der Waals surface area contributed by atoms with Crippen LogP contribution in [0.2, 0.25) is 0 Å². The predicted molar refractivity (Wildman–Crippen MR) is 78.8 cm³/mol. The van der Waals surface area contributed by atoms with Crippen molar-refractivity contribution in [2.24, 2.45) is 0 Å². The molecule has 0 aliphatic rings. The van der Waals surface area contributed by atoms with E-state index in [1.807, 2.05) is 24.3 Å². The highest BCUT2D eigenvalue weighted by Crippen LogP contribution is 2.28. The van der Waals surface area contributed by atoms with Gasteiger partial charge in [-0.1, -0.05) is 12.1 Å². The molecule has 110 valence electrons. The van der Waals surface area contributed by atoms with E-state index in [2.05, 4.69) is 5.32 Å². The van der Waals surface area contributed by atoms with Crippen molar-refractivity contribution in [2.45, 2.75) is 13.0 Å². The third-order valence-electron chi connectivity index (χ3n) is 2.95. The molecule has 0 fully saturated rings. The van der Waals surface area contributed by atoms with Crippen LogP contribution in [0.15, 0.2) is 28.7 Å². The summed E-state index contributed by atoms with van der Waals surface area (Å²) < 4.78 is 33.0. The fraction of sp³-hybridized carbons (Fsp3) is 0.429. The normalized spacial score (nSPS) is 11.9. The van der Waals surface area contributed by atoms with Crippen LogP contribution in [0.1, 0.15) is 12.2 Å². The molecule has 1 N–H and O–H groups in total. The van der Waals surface area contributed by atoms with Crippen LogP contribution in [-0.4, -0.2) is 34.1 Å². The molecule has 0 spiro atoms. The monoisotopic (exact) mass is 297 g/mol. The number of para-hydroxylation sites is 1. The Balaban J connectivity index is 1.91. The Morgan fingerprint density at radius 1 is 1.35 bits per heavy atom. The Bertz CT molecular complexity index is 676. The highest BCUT2D eigenvalue weighted by Gasteiger charge is 2.08. The quantitative estimate of drug-likeness (QED) is 0.791. The van der Waals surface area contributed by atoms with Crippen molar-refractivity contribution in [3.63, 3.8) is 0 Å². The molecule has 0 unspecified atom stereocenters. The molecule has 5 nitrogen and oxygen atoms in total. The van der Waals surface area contributed by atoms with E-state index in [4.69, 9.17) is 9.15 Å². The lowest BCUT2D eigenvalue weighted by Gasteiger charge is -2.02. The molecule has 0 radical (unpaired) electrons. The number of hydrogen-bond acceptors (Lipinski definition) is 5. The summed E-state index contributed by atoms with van der Waals surface area (Å²) in [4.78, 5) is 0. The molecule has 20 heavy (non-hydrogen) atoms. The summed E-state index contributed by atoms with van der Waals surface area (Å²) >= 11 is 0. The Morgan fingerprint density at radius 3 is 2.85 bits per heavy atom. The van der Waals surface area contributed by atoms with E-state index in [0.717, 1.165) is 16.7 Å². The van der Waals surface area contributed by atoms with Gasteiger partial charge in [0.25, 0.3) is 0 Å². The fourth-order valence-electron chi connectivity index (χ4n) is 2.01. The standard InChI is InChI=1S/C14H19NO4S/c1-18-13-6-3-5-11-9-12(19-14(11)13)10-15-7-4-8-20(2,16)17/h3,5-6,9,15H,4,7-8,10H2,1-2H3. The Hall–Kier alpha value is -1.53. The van der Waals surface area contributed by atoms with Gasteiger partial charge in [0.05, 0.1) is 19.4 Å². The van der Waals surface area contributed by atoms with Crippen LogP contribution in [0.4, 0.5) is 0 Å². The predicted octanol–water partition coefficient (Wildman–Crippen LogP) is 1.97. The minimum Gasteiger partial charge on any atom is -0.493 e. The molecular formula is C14H19NO4S. The minimum atomic E-state index is -2.88. The van der Waals surface area contributed by atoms with Gasteiger partial charge in [-0.2, -0.15) is 0 Å². The average molecular weight is 297 g/mol. The number of fused-ring (bicyclic) bond motifs is 1. The summed E-state index contributed by atoms with van der Waals surface area (Å²) in [5.41, 5.74) is 0.739. The molecule has 0 saturated heterocycles. The molecule has 1 aromatic heterocycles. The zero-order chi connectivity index (χ0) is 14.6. The molecule has 1 heterocycles. The lowest BCUT2D eigenvalue weighted by molar-refractivity contribution is 0.406. The molecule has 1 aromatic carbocycles. The largest absolute Gasteiger partial charge is 0.493 e. The van der Waals surface area contributed by atoms with Gasteiger partial charge < -0.3 is 14.5 Å². The molecule has 2 rings (SSSR count). The topological polar surface area (TPSA) is 68.5 Å². The number of hydrogen-bond donors (Lipinski definition) is 1. The molecule has 2 aromatic rings. The van der Waals surface area contributed by atoms with Crippen molar-refractivity contribution in [3.8, 4) is 5.75 Å². The van der Waals surface area contributed by atoms with Gasteiger partial charge in [-0.15, -0.1) is 0 Å². The van der Waals surface area contributed by atoms with Crippen molar-refractivity contribution in [1.82, 2.24) is 5.32 Å². The van der Waals surface area contributed by atoms with Crippen LogP contribution in [0.25, 0.3) is 11.0 Å². The Morgan fingerprint density at radius 2 is 2.15 bits per heavy atom. The highest BCUT2D eigenvalue weighted by atomic mass is 32.2. The lowest BCUT2D eigenvalue weighted by Crippen LogP contribution is -2.17. The van der Waals surface area contributed by atoms with Gasteiger partial charge in [0, 0.05) is 11.6 Å². The summed E-state index contributed by atoms with van der Waals surface area (Å²) in [6, 6.07) is 7.70.